The minimum atomic E-state index is -0.421. The van der Waals surface area contributed by atoms with Crippen LogP contribution in [-0.4, -0.2) is 29.8 Å². The van der Waals surface area contributed by atoms with Gasteiger partial charge in [0, 0.05) is 18.6 Å². The maximum absolute atomic E-state index is 5.71. The van der Waals surface area contributed by atoms with Crippen molar-refractivity contribution in [2.75, 3.05) is 14.2 Å². The van der Waals surface area contributed by atoms with Crippen LogP contribution in [-0.2, 0) is 10.3 Å². The maximum atomic E-state index is 5.71. The van der Waals surface area contributed by atoms with E-state index in [9.17, 15) is 0 Å². The van der Waals surface area contributed by atoms with Gasteiger partial charge >= 0.3 is 0 Å². The number of fused-ring (bicyclic) bond motifs is 1. The van der Waals surface area contributed by atoms with Gasteiger partial charge in [0.1, 0.15) is 7.11 Å². The monoisotopic (exact) mass is 327 g/mol. The zero-order chi connectivity index (χ0) is 16.3. The van der Waals surface area contributed by atoms with E-state index in [0.29, 0.717) is 0 Å². The third-order valence-electron chi connectivity index (χ3n) is 4.61. The van der Waals surface area contributed by atoms with E-state index in [-0.39, 0.29) is 0 Å². The van der Waals surface area contributed by atoms with E-state index in [2.05, 4.69) is 27.6 Å². The van der Waals surface area contributed by atoms with E-state index in [1.165, 1.54) is 0 Å². The number of pyridine rings is 1. The van der Waals surface area contributed by atoms with Crippen molar-refractivity contribution in [3.05, 3.63) is 42.1 Å². The molecule has 1 aromatic carbocycles. The Labute approximate surface area is 141 Å². The summed E-state index contributed by atoms with van der Waals surface area (Å²) in [5.74, 6) is 0. The Morgan fingerprint density at radius 3 is 2.96 bits per heavy atom. The zero-order valence-electron chi connectivity index (χ0n) is 13.5. The van der Waals surface area contributed by atoms with E-state index in [1.807, 2.05) is 31.4 Å². The summed E-state index contributed by atoms with van der Waals surface area (Å²) in [6.07, 6.45) is 5.97. The van der Waals surface area contributed by atoms with Crippen molar-refractivity contribution in [3.63, 3.8) is 0 Å². The van der Waals surface area contributed by atoms with E-state index < -0.39 is 5.41 Å². The normalized spacial score (nSPS) is 23.0. The average Bonchev–Trinajstić information content (AvgIpc) is 2.61. The largest absolute Gasteiger partial charge is 0.399 e. The Bertz CT molecular complexity index is 759. The summed E-state index contributed by atoms with van der Waals surface area (Å²) in [6.45, 7) is 0. The molecule has 0 aliphatic heterocycles. The van der Waals surface area contributed by atoms with Crippen LogP contribution >= 0.6 is 12.2 Å². The number of hydrogen-bond acceptors (Lipinski definition) is 4. The molecule has 1 aliphatic rings. The number of oxime groups is 1. The van der Waals surface area contributed by atoms with Crippen molar-refractivity contribution in [1.29, 1.82) is 0 Å². The molecule has 4 nitrogen and oxygen atoms in total. The topological polar surface area (TPSA) is 46.5 Å². The molecule has 1 atom stereocenters. The summed E-state index contributed by atoms with van der Waals surface area (Å²) in [7, 11) is 3.46. The van der Waals surface area contributed by atoms with Gasteiger partial charge in [-0.2, -0.15) is 0 Å². The molecule has 1 heterocycles. The van der Waals surface area contributed by atoms with Gasteiger partial charge in [0.05, 0.1) is 21.6 Å². The summed E-state index contributed by atoms with van der Waals surface area (Å²) < 4.78 is 0. The molecule has 5 heteroatoms. The van der Waals surface area contributed by atoms with Crippen LogP contribution in [0.1, 0.15) is 31.2 Å². The summed E-state index contributed by atoms with van der Waals surface area (Å²) in [4.78, 5) is 10.5. The lowest BCUT2D eigenvalue weighted by atomic mass is 9.68. The Morgan fingerprint density at radius 1 is 1.35 bits per heavy atom. The van der Waals surface area contributed by atoms with Crippen molar-refractivity contribution in [1.82, 2.24) is 10.3 Å². The van der Waals surface area contributed by atoms with Gasteiger partial charge in [0.25, 0.3) is 0 Å². The molecule has 1 aromatic heterocycles. The molecule has 0 spiro atoms. The Kier molecular flexibility index (Phi) is 4.57. The van der Waals surface area contributed by atoms with Crippen molar-refractivity contribution >= 4 is 33.8 Å². The van der Waals surface area contributed by atoms with Gasteiger partial charge in [-0.15, -0.1) is 0 Å². The molecule has 1 saturated carbocycles. The highest BCUT2D eigenvalue weighted by atomic mass is 32.1. The van der Waals surface area contributed by atoms with Crippen LogP contribution in [0, 0.1) is 0 Å². The van der Waals surface area contributed by atoms with E-state index in [0.717, 1.165) is 52.8 Å². The van der Waals surface area contributed by atoms with Crippen molar-refractivity contribution < 1.29 is 4.84 Å². The highest BCUT2D eigenvalue weighted by Crippen LogP contribution is 2.39. The lowest BCUT2D eigenvalue weighted by Gasteiger charge is -2.38. The lowest BCUT2D eigenvalue weighted by Crippen LogP contribution is -2.50. The summed E-state index contributed by atoms with van der Waals surface area (Å²) in [5, 5.41) is 8.62. The number of benzene rings is 1. The maximum Gasteiger partial charge on any atom is 0.106 e. The first kappa shape index (κ1) is 15.9. The first-order chi connectivity index (χ1) is 11.2. The molecule has 3 rings (SSSR count). The third kappa shape index (κ3) is 2.70. The number of aromatic nitrogens is 1. The number of thiocarbonyl (C=S) groups is 1. The molecule has 23 heavy (non-hydrogen) atoms. The van der Waals surface area contributed by atoms with Crippen LogP contribution in [0.3, 0.4) is 0 Å². The predicted octanol–water partition coefficient (Wildman–Crippen LogP) is 3.60. The van der Waals surface area contributed by atoms with Gasteiger partial charge in [0.2, 0.25) is 0 Å². The molecule has 1 aliphatic carbocycles. The standard InChI is InChI=1S/C18H21N3OS/c1-19-17(23)18(10-6-5-9-16(18)21-22-2)14-11-13-7-3-4-8-15(13)20-12-14/h3-4,7-8,11-12H,5-6,9-10H2,1-2H3,(H,19,23). The molecular weight excluding hydrogens is 306 g/mol. The molecule has 1 N–H and O–H groups in total. The van der Waals surface area contributed by atoms with Gasteiger partial charge in [0.15, 0.2) is 0 Å². The first-order valence-electron chi connectivity index (χ1n) is 7.90. The van der Waals surface area contributed by atoms with Crippen LogP contribution in [0.2, 0.25) is 0 Å². The molecule has 0 amide bonds. The number of para-hydroxylation sites is 1. The third-order valence-corrected chi connectivity index (χ3v) is 5.16. The molecule has 0 bridgehead atoms. The fraction of sp³-hybridized carbons (Fsp3) is 0.389. The number of hydrogen-bond donors (Lipinski definition) is 1. The van der Waals surface area contributed by atoms with Gasteiger partial charge in [-0.05, 0) is 37.0 Å². The van der Waals surface area contributed by atoms with Crippen LogP contribution in [0.15, 0.2) is 41.7 Å². The predicted molar refractivity (Wildman–Crippen MR) is 98.0 cm³/mol. The Morgan fingerprint density at radius 2 is 2.17 bits per heavy atom. The smallest absolute Gasteiger partial charge is 0.106 e. The zero-order valence-corrected chi connectivity index (χ0v) is 14.3. The van der Waals surface area contributed by atoms with Gasteiger partial charge in [-0.1, -0.05) is 42.0 Å². The summed E-state index contributed by atoms with van der Waals surface area (Å²) >= 11 is 5.71. The Hall–Kier alpha value is -2.01. The van der Waals surface area contributed by atoms with Gasteiger partial charge < -0.3 is 10.2 Å². The number of rotatable bonds is 3. The summed E-state index contributed by atoms with van der Waals surface area (Å²) in [5.41, 5.74) is 2.64. The van der Waals surface area contributed by atoms with Gasteiger partial charge in [-0.25, -0.2) is 0 Å². The fourth-order valence-electron chi connectivity index (χ4n) is 3.48. The number of nitrogens with zero attached hydrogens (tertiary/aromatic N) is 2. The molecule has 0 radical (unpaired) electrons. The molecule has 0 saturated heterocycles. The average molecular weight is 327 g/mol. The molecular formula is C18H21N3OS. The quantitative estimate of drug-likeness (QED) is 0.691. The summed E-state index contributed by atoms with van der Waals surface area (Å²) in [6, 6.07) is 10.3. The fourth-order valence-corrected chi connectivity index (χ4v) is 3.82. The van der Waals surface area contributed by atoms with Crippen molar-refractivity contribution in [2.24, 2.45) is 5.16 Å². The van der Waals surface area contributed by atoms with Gasteiger partial charge in [-0.3, -0.25) is 4.98 Å². The molecule has 120 valence electrons. The second-order valence-electron chi connectivity index (χ2n) is 5.83. The van der Waals surface area contributed by atoms with Crippen LogP contribution in [0.5, 0.6) is 0 Å². The SMILES string of the molecule is CNC(=S)C1(c2cnc3ccccc3c2)CCCCC1=NOC. The second kappa shape index (κ2) is 6.62. The minimum absolute atomic E-state index is 0.421. The number of nitrogens with one attached hydrogen (secondary N) is 1. The van der Waals surface area contributed by atoms with E-state index >= 15 is 0 Å². The Balaban J connectivity index is 2.21. The van der Waals surface area contributed by atoms with E-state index in [4.69, 9.17) is 17.1 Å². The minimum Gasteiger partial charge on any atom is -0.399 e. The molecule has 1 unspecified atom stereocenters. The van der Waals surface area contributed by atoms with Crippen LogP contribution < -0.4 is 5.32 Å². The second-order valence-corrected chi connectivity index (χ2v) is 6.24. The molecule has 2 aromatic rings. The number of likely N-dealkylation sites (N-methyl/N-ethyl adjacent to an activating group) is 1. The van der Waals surface area contributed by atoms with E-state index in [1.54, 1.807) is 7.11 Å². The highest BCUT2D eigenvalue weighted by molar-refractivity contribution is 7.80. The van der Waals surface area contributed by atoms with Crippen molar-refractivity contribution in [2.45, 2.75) is 31.1 Å². The first-order valence-corrected chi connectivity index (χ1v) is 8.31. The highest BCUT2D eigenvalue weighted by Gasteiger charge is 2.44. The lowest BCUT2D eigenvalue weighted by molar-refractivity contribution is 0.208. The van der Waals surface area contributed by atoms with Crippen LogP contribution in [0.25, 0.3) is 10.9 Å². The van der Waals surface area contributed by atoms with Crippen LogP contribution in [0.4, 0.5) is 0 Å². The van der Waals surface area contributed by atoms with Crippen molar-refractivity contribution in [3.8, 4) is 0 Å². The molecule has 1 fully saturated rings.